The van der Waals surface area contributed by atoms with E-state index in [1.807, 2.05) is 18.2 Å². The number of rotatable bonds is 1. The summed E-state index contributed by atoms with van der Waals surface area (Å²) >= 11 is 3.40. The van der Waals surface area contributed by atoms with E-state index in [1.54, 1.807) is 25.8 Å². The van der Waals surface area contributed by atoms with Gasteiger partial charge in [-0.25, -0.2) is 0 Å². The summed E-state index contributed by atoms with van der Waals surface area (Å²) in [5, 5.41) is 0.779. The van der Waals surface area contributed by atoms with E-state index in [4.69, 9.17) is 4.74 Å². The lowest BCUT2D eigenvalue weighted by atomic mass is 10.0. The molecule has 86 valence electrons. The van der Waals surface area contributed by atoms with Gasteiger partial charge in [-0.3, -0.25) is 4.79 Å². The third kappa shape index (κ3) is 1.71. The highest BCUT2D eigenvalue weighted by molar-refractivity contribution is 9.08. The van der Waals surface area contributed by atoms with Gasteiger partial charge in [-0.05, 0) is 31.5 Å². The average Bonchev–Trinajstić information content (AvgIpc) is 2.25. The number of ether oxygens (including phenoxy) is 1. The number of fused-ring (bicyclic) bond motifs is 1. The monoisotopic (exact) mass is 283 g/mol. The topological polar surface area (TPSA) is 29.5 Å². The molecule has 0 atom stereocenters. The fourth-order valence-electron chi connectivity index (χ4n) is 1.83. The molecule has 1 aromatic rings. The van der Waals surface area contributed by atoms with Gasteiger partial charge in [0.2, 0.25) is 0 Å². The second-order valence-electron chi connectivity index (χ2n) is 4.41. The zero-order valence-corrected chi connectivity index (χ0v) is 11.2. The summed E-state index contributed by atoms with van der Waals surface area (Å²) < 4.78 is 5.73. The smallest absolute Gasteiger partial charge is 0.270 e. The summed E-state index contributed by atoms with van der Waals surface area (Å²) in [5.41, 5.74) is 1.18. The quantitative estimate of drug-likeness (QED) is 0.742. The number of halogens is 1. The number of alkyl halides is 1. The first kappa shape index (κ1) is 11.5. The van der Waals surface area contributed by atoms with Crippen molar-refractivity contribution in [3.63, 3.8) is 0 Å². The van der Waals surface area contributed by atoms with Gasteiger partial charge in [-0.2, -0.15) is 0 Å². The van der Waals surface area contributed by atoms with Crippen LogP contribution in [0, 0.1) is 0 Å². The molecule has 1 aliphatic rings. The Morgan fingerprint density at radius 1 is 1.44 bits per heavy atom. The molecule has 0 bridgehead atoms. The Balaban J connectivity index is 2.51. The molecule has 2 rings (SSSR count). The third-order valence-corrected chi connectivity index (χ3v) is 3.37. The van der Waals surface area contributed by atoms with Gasteiger partial charge in [0.05, 0.1) is 5.69 Å². The van der Waals surface area contributed by atoms with Gasteiger partial charge in [0.25, 0.3) is 5.91 Å². The van der Waals surface area contributed by atoms with Crippen LogP contribution >= 0.6 is 15.9 Å². The Bertz CT molecular complexity index is 443. The van der Waals surface area contributed by atoms with Crippen LogP contribution in [-0.2, 0) is 10.1 Å². The van der Waals surface area contributed by atoms with Crippen molar-refractivity contribution in [2.45, 2.75) is 24.8 Å². The number of anilines is 1. The molecule has 0 spiro atoms. The summed E-state index contributed by atoms with van der Waals surface area (Å²) in [5.74, 6) is 0.746. The molecule has 0 aromatic heterocycles. The Morgan fingerprint density at radius 3 is 2.75 bits per heavy atom. The predicted molar refractivity (Wildman–Crippen MR) is 67.2 cm³/mol. The SMILES string of the molecule is CN1C(=O)C(C)(C)Oc2cc(CBr)ccc21. The minimum absolute atomic E-state index is 0.0217. The Kier molecular flexibility index (Phi) is 2.70. The molecule has 0 saturated carbocycles. The van der Waals surface area contributed by atoms with Crippen molar-refractivity contribution in [2.24, 2.45) is 0 Å². The van der Waals surface area contributed by atoms with Crippen LogP contribution in [0.5, 0.6) is 5.75 Å². The van der Waals surface area contributed by atoms with E-state index in [1.165, 1.54) is 0 Å². The highest BCUT2D eigenvalue weighted by atomic mass is 79.9. The van der Waals surface area contributed by atoms with Gasteiger partial charge < -0.3 is 9.64 Å². The minimum Gasteiger partial charge on any atom is -0.476 e. The van der Waals surface area contributed by atoms with Crippen LogP contribution in [0.4, 0.5) is 5.69 Å². The normalized spacial score (nSPS) is 18.0. The molecule has 1 heterocycles. The van der Waals surface area contributed by atoms with Crippen molar-refractivity contribution < 1.29 is 9.53 Å². The zero-order chi connectivity index (χ0) is 11.9. The maximum atomic E-state index is 12.0. The van der Waals surface area contributed by atoms with Gasteiger partial charge in [0.1, 0.15) is 5.75 Å². The molecule has 0 aliphatic carbocycles. The molecule has 16 heavy (non-hydrogen) atoms. The Hall–Kier alpha value is -1.03. The van der Waals surface area contributed by atoms with E-state index in [0.29, 0.717) is 0 Å². The fraction of sp³-hybridized carbons (Fsp3) is 0.417. The largest absolute Gasteiger partial charge is 0.476 e. The van der Waals surface area contributed by atoms with Crippen LogP contribution in [0.1, 0.15) is 19.4 Å². The molecular formula is C12H14BrNO2. The van der Waals surface area contributed by atoms with Crippen LogP contribution in [0.3, 0.4) is 0 Å². The van der Waals surface area contributed by atoms with Crippen LogP contribution in [-0.4, -0.2) is 18.6 Å². The van der Waals surface area contributed by atoms with E-state index >= 15 is 0 Å². The summed E-state index contributed by atoms with van der Waals surface area (Å²) in [4.78, 5) is 13.6. The van der Waals surface area contributed by atoms with E-state index < -0.39 is 5.60 Å². The number of likely N-dealkylation sites (N-methyl/N-ethyl adjacent to an activating group) is 1. The van der Waals surface area contributed by atoms with Crippen LogP contribution in [0.2, 0.25) is 0 Å². The van der Waals surface area contributed by atoms with E-state index in [0.717, 1.165) is 22.3 Å². The Morgan fingerprint density at radius 2 is 2.12 bits per heavy atom. The van der Waals surface area contributed by atoms with Gasteiger partial charge in [-0.15, -0.1) is 0 Å². The Labute approximate surface area is 104 Å². The highest BCUT2D eigenvalue weighted by Gasteiger charge is 2.39. The molecule has 1 amide bonds. The molecule has 3 nitrogen and oxygen atoms in total. The fourth-order valence-corrected chi connectivity index (χ4v) is 2.18. The first-order valence-corrected chi connectivity index (χ1v) is 6.24. The van der Waals surface area contributed by atoms with Crippen LogP contribution in [0.25, 0.3) is 0 Å². The van der Waals surface area contributed by atoms with Crippen LogP contribution in [0.15, 0.2) is 18.2 Å². The minimum atomic E-state index is -0.785. The number of nitrogens with zero attached hydrogens (tertiary/aromatic N) is 1. The first-order chi connectivity index (χ1) is 7.45. The zero-order valence-electron chi connectivity index (χ0n) is 9.58. The number of hydrogen-bond acceptors (Lipinski definition) is 2. The molecule has 0 saturated heterocycles. The molecule has 1 aliphatic heterocycles. The molecule has 0 N–H and O–H groups in total. The molecule has 1 aromatic carbocycles. The number of carbonyl (C=O) groups excluding carboxylic acids is 1. The lowest BCUT2D eigenvalue weighted by Gasteiger charge is -2.37. The summed E-state index contributed by atoms with van der Waals surface area (Å²) in [6.07, 6.45) is 0. The van der Waals surface area contributed by atoms with Gasteiger partial charge in [0, 0.05) is 12.4 Å². The number of hydrogen-bond donors (Lipinski definition) is 0. The molecular weight excluding hydrogens is 270 g/mol. The van der Waals surface area contributed by atoms with E-state index in [-0.39, 0.29) is 5.91 Å². The molecule has 0 fully saturated rings. The van der Waals surface area contributed by atoms with E-state index in [9.17, 15) is 4.79 Å². The first-order valence-electron chi connectivity index (χ1n) is 5.12. The second-order valence-corrected chi connectivity index (χ2v) is 4.97. The number of carbonyl (C=O) groups is 1. The third-order valence-electron chi connectivity index (χ3n) is 2.72. The second kappa shape index (κ2) is 3.77. The van der Waals surface area contributed by atoms with Gasteiger partial charge in [-0.1, -0.05) is 22.0 Å². The van der Waals surface area contributed by atoms with Crippen molar-refractivity contribution >= 4 is 27.5 Å². The van der Waals surface area contributed by atoms with Crippen LogP contribution < -0.4 is 9.64 Å². The standard InChI is InChI=1S/C12H14BrNO2/c1-12(2)11(15)14(3)9-5-4-8(7-13)6-10(9)16-12/h4-6H,7H2,1-3H3. The highest BCUT2D eigenvalue weighted by Crippen LogP contribution is 2.37. The van der Waals surface area contributed by atoms with Gasteiger partial charge >= 0.3 is 0 Å². The van der Waals surface area contributed by atoms with E-state index in [2.05, 4.69) is 15.9 Å². The summed E-state index contributed by atoms with van der Waals surface area (Å²) in [7, 11) is 1.78. The van der Waals surface area contributed by atoms with Crippen molar-refractivity contribution in [3.05, 3.63) is 23.8 Å². The average molecular weight is 284 g/mol. The van der Waals surface area contributed by atoms with Crippen molar-refractivity contribution in [2.75, 3.05) is 11.9 Å². The van der Waals surface area contributed by atoms with Crippen molar-refractivity contribution in [1.82, 2.24) is 0 Å². The number of amides is 1. The summed E-state index contributed by atoms with van der Waals surface area (Å²) in [6, 6.07) is 5.87. The maximum Gasteiger partial charge on any atom is 0.270 e. The molecule has 4 heteroatoms. The lowest BCUT2D eigenvalue weighted by molar-refractivity contribution is -0.132. The number of benzene rings is 1. The van der Waals surface area contributed by atoms with Gasteiger partial charge in [0.15, 0.2) is 5.60 Å². The summed E-state index contributed by atoms with van der Waals surface area (Å²) in [6.45, 7) is 3.57. The van der Waals surface area contributed by atoms with Crippen molar-refractivity contribution in [3.8, 4) is 5.75 Å². The van der Waals surface area contributed by atoms with Crippen molar-refractivity contribution in [1.29, 1.82) is 0 Å². The molecule has 0 radical (unpaired) electrons. The molecule has 0 unspecified atom stereocenters. The predicted octanol–water partition coefficient (Wildman–Crippen LogP) is 2.72. The lowest BCUT2D eigenvalue weighted by Crippen LogP contribution is -2.50. The maximum absolute atomic E-state index is 12.0.